The third-order valence-corrected chi connectivity index (χ3v) is 16.3. The fraction of sp³-hybridized carbons (Fsp3) is 0.108. The molecule has 3 aromatic heterocycles. The van der Waals surface area contributed by atoms with E-state index in [1.165, 1.54) is 38.4 Å². The molecule has 2 aliphatic rings. The van der Waals surface area contributed by atoms with Gasteiger partial charge in [-0.15, -0.1) is 41.4 Å². The Hall–Kier alpha value is -8.76. The summed E-state index contributed by atoms with van der Waals surface area (Å²) in [4.78, 5) is 10.0. The van der Waals surface area contributed by atoms with Crippen LogP contribution in [-0.4, -0.2) is 9.38 Å². The summed E-state index contributed by atoms with van der Waals surface area (Å²) in [6.45, 7) is 16.0. The van der Waals surface area contributed by atoms with Crippen LogP contribution in [0.4, 0.5) is 22.7 Å². The summed E-state index contributed by atoms with van der Waals surface area (Å²) in [6, 6.07) is 85.0. The Morgan fingerprint density at radius 2 is 0.975 bits per heavy atom. The van der Waals surface area contributed by atoms with Crippen LogP contribution < -0.4 is 14.5 Å². The average molecular weight is 1210 g/mol. The van der Waals surface area contributed by atoms with Gasteiger partial charge in [-0.3, -0.25) is 0 Å². The first-order valence-electron chi connectivity index (χ1n) is 27.4. The van der Waals surface area contributed by atoms with E-state index in [2.05, 4.69) is 281 Å². The molecule has 10 aromatic carbocycles. The number of pyridine rings is 1. The first-order valence-corrected chi connectivity index (χ1v) is 27.4. The van der Waals surface area contributed by atoms with E-state index in [0.717, 1.165) is 99.7 Å². The molecule has 0 amide bonds. The van der Waals surface area contributed by atoms with Gasteiger partial charge in [0, 0.05) is 88.8 Å². The van der Waals surface area contributed by atoms with Gasteiger partial charge in [-0.25, -0.2) is 4.98 Å². The molecule has 0 saturated heterocycles. The maximum atomic E-state index is 7.37. The molecule has 0 N–H and O–H groups in total. The Morgan fingerprint density at radius 1 is 0.438 bits per heavy atom. The van der Waals surface area contributed by atoms with Gasteiger partial charge in [0.05, 0.1) is 0 Å². The summed E-state index contributed by atoms with van der Waals surface area (Å²) in [5, 5.41) is 9.02. The Labute approximate surface area is 481 Å². The Morgan fingerprint density at radius 3 is 1.61 bits per heavy atom. The first kappa shape index (κ1) is 49.5. The van der Waals surface area contributed by atoms with Crippen LogP contribution in [0, 0.1) is 18.8 Å². The van der Waals surface area contributed by atoms with E-state index in [-0.39, 0.29) is 31.9 Å². The fourth-order valence-corrected chi connectivity index (χ4v) is 12.5. The second-order valence-corrected chi connectivity index (χ2v) is 23.2. The van der Waals surface area contributed by atoms with Gasteiger partial charge < -0.3 is 18.9 Å². The summed E-state index contributed by atoms with van der Waals surface area (Å²) in [5.41, 5.74) is 18.1. The summed E-state index contributed by atoms with van der Waals surface area (Å²) < 4.78 is 9.69. The van der Waals surface area contributed by atoms with Gasteiger partial charge in [0.15, 0.2) is 0 Å². The molecule has 0 atom stereocenters. The number of hydrogen-bond acceptors (Lipinski definition) is 4. The molecule has 0 aliphatic carbocycles. The molecule has 0 spiro atoms. The third kappa shape index (κ3) is 7.73. The van der Waals surface area contributed by atoms with Gasteiger partial charge in [-0.2, -0.15) is 12.1 Å². The SMILES string of the molecule is CC(C)(C)c1cc(-c2ccccc2)c(N2[CH-]N3c4[c-]c(Oc5[c-]c6c(cc5)c5cccc7c8ccccc8c8ccccc8c8cccnc8n6c75)c(C(C)(C)C)cc4-c4ccccc4-c4cccc2c43)c(-c2ccccc2)c1.[Pt]. The van der Waals surface area contributed by atoms with Crippen molar-refractivity contribution in [2.75, 3.05) is 9.80 Å². The van der Waals surface area contributed by atoms with Gasteiger partial charge in [0.1, 0.15) is 5.65 Å². The number of benzene rings is 10. The number of fused-ring (bicyclic) bond motifs is 15. The molecule has 0 saturated carbocycles. The van der Waals surface area contributed by atoms with Crippen LogP contribution >= 0.6 is 0 Å². The predicted molar refractivity (Wildman–Crippen MR) is 330 cm³/mol. The second kappa shape index (κ2) is 18.7. The number of rotatable bonds is 5. The Bertz CT molecular complexity index is 4640. The molecular formula is C74H55N4OPt-3. The van der Waals surface area contributed by atoms with E-state index in [9.17, 15) is 0 Å². The van der Waals surface area contributed by atoms with Crippen LogP contribution in [0.15, 0.2) is 219 Å². The van der Waals surface area contributed by atoms with Crippen LogP contribution in [-0.2, 0) is 31.9 Å². The number of para-hydroxylation sites is 2. The van der Waals surface area contributed by atoms with Gasteiger partial charge in [-0.05, 0) is 84.9 Å². The molecule has 6 heteroatoms. The Kier molecular flexibility index (Phi) is 11.6. The summed E-state index contributed by atoms with van der Waals surface area (Å²) >= 11 is 0. The van der Waals surface area contributed by atoms with Crippen LogP contribution in [0.1, 0.15) is 52.7 Å². The molecule has 0 bridgehead atoms. The normalized spacial score (nSPS) is 12.9. The van der Waals surface area contributed by atoms with E-state index in [1.807, 2.05) is 12.3 Å². The van der Waals surface area contributed by atoms with E-state index in [1.54, 1.807) is 0 Å². The number of ether oxygens (including phenoxy) is 1. The smallest absolute Gasteiger partial charge is 0.143 e. The summed E-state index contributed by atoms with van der Waals surface area (Å²) in [7, 11) is 0. The van der Waals surface area contributed by atoms with Crippen LogP contribution in [0.25, 0.3) is 104 Å². The zero-order valence-electron chi connectivity index (χ0n) is 45.4. The molecule has 390 valence electrons. The number of anilines is 4. The summed E-state index contributed by atoms with van der Waals surface area (Å²) in [6.07, 6.45) is 1.90. The molecule has 15 rings (SSSR count). The van der Waals surface area contributed by atoms with Crippen LogP contribution in [0.5, 0.6) is 11.5 Å². The van der Waals surface area contributed by atoms with Crippen molar-refractivity contribution in [1.29, 1.82) is 0 Å². The van der Waals surface area contributed by atoms with Crippen LogP contribution in [0.3, 0.4) is 0 Å². The molecule has 5 heterocycles. The van der Waals surface area contributed by atoms with Crippen molar-refractivity contribution >= 4 is 82.5 Å². The van der Waals surface area contributed by atoms with Crippen molar-refractivity contribution in [2.24, 2.45) is 0 Å². The number of aromatic nitrogens is 2. The second-order valence-electron chi connectivity index (χ2n) is 23.2. The summed E-state index contributed by atoms with van der Waals surface area (Å²) in [5.74, 6) is 1.24. The van der Waals surface area contributed by atoms with Crippen molar-refractivity contribution in [2.45, 2.75) is 52.4 Å². The molecule has 2 aliphatic heterocycles. The number of hydrogen-bond donors (Lipinski definition) is 0. The minimum absolute atomic E-state index is 0. The average Bonchev–Trinajstić information content (AvgIpc) is 4.04. The molecule has 13 aromatic rings. The van der Waals surface area contributed by atoms with Gasteiger partial charge in [-0.1, -0.05) is 228 Å². The van der Waals surface area contributed by atoms with E-state index in [4.69, 9.17) is 9.72 Å². The van der Waals surface area contributed by atoms with Crippen molar-refractivity contribution in [3.8, 4) is 56.0 Å². The Balaban J connectivity index is 0.00000577. The standard InChI is InChI=1S/C74H55N4O.Pt/c1-73(2,3)48-40-61(46-22-9-7-10-23-46)69(62(41-48)47-24-11-8-12-25-47)76-45-77-66-44-68(64(74(4,5)6)43-63(66)55-31-18-16-29-53(55)58-34-20-36-65(76)71(58)77)79-49-37-38-56-59-33-19-32-57-52-28-15-13-26-50(52)51-27-14-17-30-54(51)60-35-21-39-75-72(60)78(70(57)59)67(56)42-49;/h7-41,43,45H,1-6H3;/q-3;. The minimum Gasteiger partial charge on any atom is -0.509 e. The fourth-order valence-electron chi connectivity index (χ4n) is 12.5. The maximum absolute atomic E-state index is 7.37. The maximum Gasteiger partial charge on any atom is 0.143 e. The predicted octanol–water partition coefficient (Wildman–Crippen LogP) is 20.0. The van der Waals surface area contributed by atoms with Crippen LogP contribution in [0.2, 0.25) is 0 Å². The van der Waals surface area contributed by atoms with Crippen molar-refractivity contribution in [3.05, 3.63) is 248 Å². The zero-order valence-corrected chi connectivity index (χ0v) is 47.6. The van der Waals surface area contributed by atoms with Crippen molar-refractivity contribution in [3.63, 3.8) is 0 Å². The molecule has 80 heavy (non-hydrogen) atoms. The molecule has 5 nitrogen and oxygen atoms in total. The van der Waals surface area contributed by atoms with Gasteiger partial charge in [0.25, 0.3) is 0 Å². The molecule has 0 fully saturated rings. The van der Waals surface area contributed by atoms with Gasteiger partial charge >= 0.3 is 0 Å². The minimum atomic E-state index is -0.336. The topological polar surface area (TPSA) is 33.0 Å². The number of nitrogens with zero attached hydrogens (tertiary/aromatic N) is 4. The van der Waals surface area contributed by atoms with Crippen molar-refractivity contribution in [1.82, 2.24) is 9.38 Å². The van der Waals surface area contributed by atoms with E-state index >= 15 is 0 Å². The molecule has 0 unspecified atom stereocenters. The monoisotopic (exact) mass is 1210 g/mol. The van der Waals surface area contributed by atoms with Crippen molar-refractivity contribution < 1.29 is 25.8 Å². The molecular weight excluding hydrogens is 1160 g/mol. The third-order valence-electron chi connectivity index (χ3n) is 16.3. The van der Waals surface area contributed by atoms with Gasteiger partial charge in [0.2, 0.25) is 0 Å². The zero-order chi connectivity index (χ0) is 53.3. The molecule has 0 radical (unpaired) electrons. The first-order chi connectivity index (χ1) is 38.5. The largest absolute Gasteiger partial charge is 0.509 e. The van der Waals surface area contributed by atoms with E-state index in [0.29, 0.717) is 11.5 Å². The quantitative estimate of drug-likeness (QED) is 0.161. The van der Waals surface area contributed by atoms with E-state index < -0.39 is 0 Å².